The van der Waals surface area contributed by atoms with Crippen LogP contribution in [0.15, 0.2) is 100 Å². The molecule has 182 valence electrons. The third kappa shape index (κ3) is 5.19. The summed E-state index contributed by atoms with van der Waals surface area (Å²) in [5, 5.41) is 12.5. The van der Waals surface area contributed by atoms with E-state index in [9.17, 15) is 14.7 Å². The molecule has 1 aliphatic rings. The number of carbonyl (C=O) groups is 1. The number of benzene rings is 2. The molecule has 0 saturated heterocycles. The lowest BCUT2D eigenvalue weighted by Gasteiger charge is -2.29. The third-order valence-corrected chi connectivity index (χ3v) is 5.95. The number of hydrogen-bond donors (Lipinski definition) is 2. The van der Waals surface area contributed by atoms with Gasteiger partial charge in [-0.2, -0.15) is 0 Å². The summed E-state index contributed by atoms with van der Waals surface area (Å²) in [4.78, 5) is 30.3. The fraction of sp³-hybridized carbons (Fsp3) is 0.179. The molecule has 4 aromatic rings. The molecule has 3 heterocycles. The summed E-state index contributed by atoms with van der Waals surface area (Å²) in [6.07, 6.45) is 5.75. The Balaban J connectivity index is 1.42. The van der Waals surface area contributed by atoms with Crippen LogP contribution in [-0.2, 0) is 27.5 Å². The number of rotatable bonds is 7. The monoisotopic (exact) mass is 484 g/mol. The van der Waals surface area contributed by atoms with Crippen molar-refractivity contribution in [1.29, 1.82) is 0 Å². The molecule has 2 aromatic carbocycles. The first-order valence-corrected chi connectivity index (χ1v) is 11.5. The summed E-state index contributed by atoms with van der Waals surface area (Å²) >= 11 is 0. The average molecular weight is 485 g/mol. The molecule has 5 rings (SSSR count). The predicted molar refractivity (Wildman–Crippen MR) is 133 cm³/mol. The summed E-state index contributed by atoms with van der Waals surface area (Å²) < 4.78 is 17.6. The molecule has 0 unspecified atom stereocenters. The zero-order valence-electron chi connectivity index (χ0n) is 19.3. The molecular weight excluding hydrogens is 460 g/mol. The Hall–Kier alpha value is -4.27. The van der Waals surface area contributed by atoms with Crippen LogP contribution >= 0.6 is 0 Å². The van der Waals surface area contributed by atoms with Crippen molar-refractivity contribution in [2.45, 2.75) is 31.8 Å². The molecular formula is C28H24N2O6. The van der Waals surface area contributed by atoms with E-state index in [1.54, 1.807) is 48.7 Å². The molecule has 0 spiro atoms. The van der Waals surface area contributed by atoms with Gasteiger partial charge in [-0.1, -0.05) is 36.4 Å². The minimum absolute atomic E-state index is 0.0386. The van der Waals surface area contributed by atoms with Crippen LogP contribution in [0.25, 0.3) is 11.0 Å². The second-order valence-electron chi connectivity index (χ2n) is 8.42. The topological polar surface area (TPSA) is 111 Å². The zero-order chi connectivity index (χ0) is 24.9. The summed E-state index contributed by atoms with van der Waals surface area (Å²) in [7, 11) is 0. The maximum Gasteiger partial charge on any atom is 0.290 e. The molecule has 36 heavy (non-hydrogen) atoms. The zero-order valence-corrected chi connectivity index (χ0v) is 19.3. The summed E-state index contributed by atoms with van der Waals surface area (Å²) in [6.45, 7) is 0.190. The van der Waals surface area contributed by atoms with Crippen LogP contribution in [-0.4, -0.2) is 22.3 Å². The van der Waals surface area contributed by atoms with E-state index in [2.05, 4.69) is 10.3 Å². The van der Waals surface area contributed by atoms with Crippen molar-refractivity contribution in [2.24, 2.45) is 0 Å². The van der Waals surface area contributed by atoms with Crippen molar-refractivity contribution in [2.75, 3.05) is 5.32 Å². The Morgan fingerprint density at radius 3 is 2.67 bits per heavy atom. The first kappa shape index (κ1) is 23.5. The van der Waals surface area contributed by atoms with Gasteiger partial charge in [-0.15, -0.1) is 0 Å². The van der Waals surface area contributed by atoms with Crippen molar-refractivity contribution < 1.29 is 23.8 Å². The number of allylic oxidation sites excluding steroid dienone is 1. The molecule has 0 bridgehead atoms. The minimum Gasteiger partial charge on any atom is -0.464 e. The lowest BCUT2D eigenvalue weighted by molar-refractivity contribution is -0.147. The molecule has 0 saturated carbocycles. The highest BCUT2D eigenvalue weighted by atomic mass is 16.7. The highest BCUT2D eigenvalue weighted by Gasteiger charge is 2.31. The van der Waals surface area contributed by atoms with Gasteiger partial charge in [0.1, 0.15) is 5.58 Å². The van der Waals surface area contributed by atoms with Gasteiger partial charge in [0.05, 0.1) is 36.7 Å². The van der Waals surface area contributed by atoms with Gasteiger partial charge in [0.15, 0.2) is 11.2 Å². The standard InChI is InChI=1S/C28H24N2O6/c31-15-18-7-9-19(10-8-18)16-35-26-13-20(23-17-34-24-6-2-1-5-22(24)27(23)32)12-25(36-26)28(33)30-21-4-3-11-29-14-21/h1-12,14,17,20,26,31H,13,15-16H2,(H,30,33)/t20-,26+/m0/s1. The van der Waals surface area contributed by atoms with Crippen LogP contribution in [0.1, 0.15) is 29.0 Å². The minimum atomic E-state index is -0.780. The Morgan fingerprint density at radius 2 is 1.89 bits per heavy atom. The van der Waals surface area contributed by atoms with Gasteiger partial charge in [0, 0.05) is 24.1 Å². The van der Waals surface area contributed by atoms with E-state index in [1.165, 1.54) is 12.5 Å². The van der Waals surface area contributed by atoms with Crippen LogP contribution in [0.3, 0.4) is 0 Å². The van der Waals surface area contributed by atoms with Gasteiger partial charge in [0.2, 0.25) is 6.29 Å². The lowest BCUT2D eigenvalue weighted by Crippen LogP contribution is -2.30. The van der Waals surface area contributed by atoms with Crippen molar-refractivity contribution >= 4 is 22.6 Å². The van der Waals surface area contributed by atoms with Gasteiger partial charge in [-0.05, 0) is 41.5 Å². The first-order valence-electron chi connectivity index (χ1n) is 11.5. The summed E-state index contributed by atoms with van der Waals surface area (Å²) in [5.74, 6) is -0.891. The quantitative estimate of drug-likeness (QED) is 0.403. The maximum atomic E-state index is 13.2. The number of fused-ring (bicyclic) bond motifs is 1. The molecule has 1 aliphatic heterocycles. The fourth-order valence-corrected chi connectivity index (χ4v) is 4.04. The number of nitrogens with zero attached hydrogens (tertiary/aromatic N) is 1. The molecule has 2 atom stereocenters. The number of carbonyl (C=O) groups excluding carboxylic acids is 1. The van der Waals surface area contributed by atoms with Gasteiger partial charge in [-0.3, -0.25) is 14.6 Å². The van der Waals surface area contributed by atoms with Crippen LogP contribution < -0.4 is 10.7 Å². The number of amides is 1. The van der Waals surface area contributed by atoms with Crippen molar-refractivity contribution in [1.82, 2.24) is 4.98 Å². The Bertz CT molecular complexity index is 1450. The third-order valence-electron chi connectivity index (χ3n) is 5.95. The number of aliphatic hydroxyl groups excluding tert-OH is 1. The van der Waals surface area contributed by atoms with Crippen molar-refractivity contribution in [3.05, 3.63) is 118 Å². The van der Waals surface area contributed by atoms with Crippen LogP contribution in [0.2, 0.25) is 0 Å². The van der Waals surface area contributed by atoms with E-state index >= 15 is 0 Å². The second-order valence-corrected chi connectivity index (χ2v) is 8.42. The number of hydrogen-bond acceptors (Lipinski definition) is 7. The number of aromatic nitrogens is 1. The lowest BCUT2D eigenvalue weighted by atomic mass is 9.93. The van der Waals surface area contributed by atoms with E-state index in [-0.39, 0.29) is 24.4 Å². The van der Waals surface area contributed by atoms with Crippen LogP contribution in [0, 0.1) is 0 Å². The number of ether oxygens (including phenoxy) is 2. The molecule has 0 fully saturated rings. The van der Waals surface area contributed by atoms with Crippen molar-refractivity contribution in [3.63, 3.8) is 0 Å². The van der Waals surface area contributed by atoms with Gasteiger partial charge in [0.25, 0.3) is 5.91 Å². The summed E-state index contributed by atoms with van der Waals surface area (Å²) in [5.41, 5.74) is 2.95. The number of pyridine rings is 1. The number of anilines is 1. The highest BCUT2D eigenvalue weighted by Crippen LogP contribution is 2.32. The van der Waals surface area contributed by atoms with Gasteiger partial charge >= 0.3 is 0 Å². The average Bonchev–Trinajstić information content (AvgIpc) is 2.93. The van der Waals surface area contributed by atoms with E-state index in [1.807, 2.05) is 24.3 Å². The maximum absolute atomic E-state index is 13.2. The normalized spacial score (nSPS) is 17.3. The van der Waals surface area contributed by atoms with E-state index in [0.29, 0.717) is 28.6 Å². The van der Waals surface area contributed by atoms with E-state index < -0.39 is 18.1 Å². The molecule has 0 aliphatic carbocycles. The molecule has 2 aromatic heterocycles. The Labute approximate surface area is 206 Å². The smallest absolute Gasteiger partial charge is 0.290 e. The largest absolute Gasteiger partial charge is 0.464 e. The van der Waals surface area contributed by atoms with E-state index in [0.717, 1.165) is 11.1 Å². The molecule has 2 N–H and O–H groups in total. The molecule has 0 radical (unpaired) electrons. The highest BCUT2D eigenvalue weighted by molar-refractivity contribution is 6.02. The van der Waals surface area contributed by atoms with E-state index in [4.69, 9.17) is 13.9 Å². The van der Waals surface area contributed by atoms with Crippen LogP contribution in [0.4, 0.5) is 5.69 Å². The first-order chi connectivity index (χ1) is 17.6. The summed E-state index contributed by atoms with van der Waals surface area (Å²) in [6, 6.07) is 17.8. The number of para-hydroxylation sites is 1. The van der Waals surface area contributed by atoms with Gasteiger partial charge < -0.3 is 24.3 Å². The number of nitrogens with one attached hydrogen (secondary N) is 1. The van der Waals surface area contributed by atoms with Crippen molar-refractivity contribution in [3.8, 4) is 0 Å². The number of aliphatic hydroxyl groups is 1. The molecule has 8 heteroatoms. The Kier molecular flexibility index (Phi) is 6.88. The van der Waals surface area contributed by atoms with Crippen LogP contribution in [0.5, 0.6) is 0 Å². The SMILES string of the molecule is O=C(Nc1cccnc1)C1=C[C@H](c2coc3ccccc3c2=O)C[C@H](OCc2ccc(CO)cc2)O1. The predicted octanol–water partition coefficient (Wildman–Crippen LogP) is 4.25. The fourth-order valence-electron chi connectivity index (χ4n) is 4.04. The van der Waals surface area contributed by atoms with Gasteiger partial charge in [-0.25, -0.2) is 0 Å². The second kappa shape index (κ2) is 10.6. The Morgan fingerprint density at radius 1 is 1.08 bits per heavy atom. The molecule has 8 nitrogen and oxygen atoms in total. The molecule has 1 amide bonds.